The Morgan fingerprint density at radius 3 is 2.59 bits per heavy atom. The summed E-state index contributed by atoms with van der Waals surface area (Å²) >= 11 is 1.42. The molecule has 1 aliphatic rings. The van der Waals surface area contributed by atoms with Crippen LogP contribution in [0.5, 0.6) is 0 Å². The average molecular weight is 419 g/mol. The van der Waals surface area contributed by atoms with Gasteiger partial charge >= 0.3 is 5.97 Å². The van der Waals surface area contributed by atoms with Crippen LogP contribution in [-0.2, 0) is 27.2 Å². The third-order valence-corrected chi connectivity index (χ3v) is 5.94. The lowest BCUT2D eigenvalue weighted by atomic mass is 9.95. The fraction of sp³-hybridized carbons (Fsp3) is 0.500. The summed E-state index contributed by atoms with van der Waals surface area (Å²) in [5, 5.41) is 10.2. The predicted octanol–water partition coefficient (Wildman–Crippen LogP) is 3.55. The Morgan fingerprint density at radius 2 is 1.90 bits per heavy atom. The van der Waals surface area contributed by atoms with E-state index in [0.717, 1.165) is 36.1 Å². The molecule has 0 saturated carbocycles. The van der Waals surface area contributed by atoms with E-state index in [9.17, 15) is 14.4 Å². The molecule has 156 valence electrons. The molecular weight excluding hydrogens is 392 g/mol. The van der Waals surface area contributed by atoms with E-state index < -0.39 is 18.0 Å². The lowest BCUT2D eigenvalue weighted by Gasteiger charge is -2.17. The molecule has 0 spiro atoms. The van der Waals surface area contributed by atoms with E-state index in [2.05, 4.69) is 15.7 Å². The molecular formula is C20H26N4O4S. The lowest BCUT2D eigenvalue weighted by Crippen LogP contribution is -2.31. The van der Waals surface area contributed by atoms with Gasteiger partial charge in [0.15, 0.2) is 6.10 Å². The molecule has 1 atom stereocenters. The fourth-order valence-electron chi connectivity index (χ4n) is 3.36. The van der Waals surface area contributed by atoms with Gasteiger partial charge in [0.1, 0.15) is 10.8 Å². The van der Waals surface area contributed by atoms with Gasteiger partial charge in [0.25, 0.3) is 5.91 Å². The molecule has 3 rings (SSSR count). The van der Waals surface area contributed by atoms with Crippen molar-refractivity contribution < 1.29 is 19.1 Å². The van der Waals surface area contributed by atoms with Gasteiger partial charge in [-0.25, -0.2) is 9.48 Å². The van der Waals surface area contributed by atoms with Gasteiger partial charge in [-0.05, 0) is 52.0 Å². The predicted molar refractivity (Wildman–Crippen MR) is 111 cm³/mol. The number of aryl methyl sites for hydroxylation is 1. The topological polar surface area (TPSA) is 102 Å². The molecule has 0 aliphatic heterocycles. The van der Waals surface area contributed by atoms with Crippen LogP contribution in [0.4, 0.5) is 10.8 Å². The first kappa shape index (κ1) is 21.0. The third-order valence-electron chi connectivity index (χ3n) is 4.73. The minimum atomic E-state index is -0.998. The number of rotatable bonds is 6. The molecule has 2 heterocycles. The van der Waals surface area contributed by atoms with Crippen molar-refractivity contribution in [1.29, 1.82) is 0 Å². The molecule has 1 aliphatic carbocycles. The zero-order chi connectivity index (χ0) is 21.1. The molecule has 0 bridgehead atoms. The smallest absolute Gasteiger partial charge is 0.342 e. The maximum atomic E-state index is 12.9. The first-order chi connectivity index (χ1) is 13.8. The second kappa shape index (κ2) is 8.77. The van der Waals surface area contributed by atoms with E-state index in [1.54, 1.807) is 16.9 Å². The van der Waals surface area contributed by atoms with Crippen LogP contribution < -0.4 is 10.6 Å². The summed E-state index contributed by atoms with van der Waals surface area (Å²) < 4.78 is 7.15. The van der Waals surface area contributed by atoms with Crippen LogP contribution in [-0.4, -0.2) is 33.7 Å². The van der Waals surface area contributed by atoms with Gasteiger partial charge in [0, 0.05) is 23.9 Å². The van der Waals surface area contributed by atoms with E-state index >= 15 is 0 Å². The average Bonchev–Trinajstić information content (AvgIpc) is 3.24. The summed E-state index contributed by atoms with van der Waals surface area (Å²) in [7, 11) is 0. The summed E-state index contributed by atoms with van der Waals surface area (Å²) in [6, 6.07) is 1.77. The standard InChI is InChI=1S/C20H26N4O4S/c1-11(2)24-16(9-10-21-24)23-18(26)12(3)28-20(27)17-14-7-5-6-8-15(14)29-19(17)22-13(4)25/h9-12H,5-8H2,1-4H3,(H,22,25)(H,23,26)/t12-/m1/s1. The number of ether oxygens (including phenoxy) is 1. The van der Waals surface area contributed by atoms with Gasteiger partial charge in [-0.1, -0.05) is 0 Å². The Hall–Kier alpha value is -2.68. The number of hydrogen-bond donors (Lipinski definition) is 2. The Balaban J connectivity index is 1.75. The first-order valence-electron chi connectivity index (χ1n) is 9.75. The van der Waals surface area contributed by atoms with Gasteiger partial charge < -0.3 is 15.4 Å². The maximum absolute atomic E-state index is 12.9. The van der Waals surface area contributed by atoms with E-state index in [4.69, 9.17) is 4.74 Å². The van der Waals surface area contributed by atoms with E-state index in [1.165, 1.54) is 25.2 Å². The molecule has 0 aromatic carbocycles. The number of esters is 1. The largest absolute Gasteiger partial charge is 0.449 e. The van der Waals surface area contributed by atoms with Crippen LogP contribution in [0.3, 0.4) is 0 Å². The van der Waals surface area contributed by atoms with Crippen LogP contribution in [0.25, 0.3) is 0 Å². The highest BCUT2D eigenvalue weighted by molar-refractivity contribution is 7.17. The van der Waals surface area contributed by atoms with E-state index in [1.807, 2.05) is 13.8 Å². The normalized spacial score (nSPS) is 14.2. The Bertz CT molecular complexity index is 931. The van der Waals surface area contributed by atoms with E-state index in [-0.39, 0.29) is 11.9 Å². The molecule has 8 nitrogen and oxygen atoms in total. The number of carbonyl (C=O) groups excluding carboxylic acids is 3. The van der Waals surface area contributed by atoms with Crippen LogP contribution in [0.15, 0.2) is 12.3 Å². The number of aromatic nitrogens is 2. The molecule has 0 saturated heterocycles. The van der Waals surface area contributed by atoms with Crippen LogP contribution >= 0.6 is 11.3 Å². The molecule has 2 N–H and O–H groups in total. The van der Waals surface area contributed by atoms with Crippen molar-refractivity contribution in [3.8, 4) is 0 Å². The Labute approximate surface area is 173 Å². The number of anilines is 2. The van der Waals surface area contributed by atoms with Crippen LogP contribution in [0, 0.1) is 0 Å². The number of carbonyl (C=O) groups is 3. The second-order valence-electron chi connectivity index (χ2n) is 7.39. The minimum Gasteiger partial charge on any atom is -0.449 e. The zero-order valence-corrected chi connectivity index (χ0v) is 17.9. The van der Waals surface area contributed by atoms with Gasteiger partial charge in [-0.3, -0.25) is 9.59 Å². The maximum Gasteiger partial charge on any atom is 0.342 e. The van der Waals surface area contributed by atoms with Gasteiger partial charge in [0.2, 0.25) is 5.91 Å². The number of amides is 2. The van der Waals surface area contributed by atoms with Crippen molar-refractivity contribution in [2.24, 2.45) is 0 Å². The molecule has 0 radical (unpaired) electrons. The summed E-state index contributed by atoms with van der Waals surface area (Å²) in [4.78, 5) is 38.1. The number of hydrogen-bond acceptors (Lipinski definition) is 6. The third kappa shape index (κ3) is 4.67. The summed E-state index contributed by atoms with van der Waals surface area (Å²) in [5.41, 5.74) is 1.31. The summed E-state index contributed by atoms with van der Waals surface area (Å²) in [5.74, 6) is -0.732. The highest BCUT2D eigenvalue weighted by Gasteiger charge is 2.29. The number of fused-ring (bicyclic) bond motifs is 1. The van der Waals surface area contributed by atoms with Crippen molar-refractivity contribution >= 4 is 39.9 Å². The van der Waals surface area contributed by atoms with Gasteiger partial charge in [-0.15, -0.1) is 11.3 Å². The van der Waals surface area contributed by atoms with E-state index in [0.29, 0.717) is 16.4 Å². The Kier molecular flexibility index (Phi) is 6.36. The molecule has 0 unspecified atom stereocenters. The minimum absolute atomic E-state index is 0.0794. The molecule has 9 heteroatoms. The highest BCUT2D eigenvalue weighted by Crippen LogP contribution is 2.38. The molecule has 0 fully saturated rings. The number of nitrogens with zero attached hydrogens (tertiary/aromatic N) is 2. The number of thiophene rings is 1. The summed E-state index contributed by atoms with van der Waals surface area (Å²) in [6.45, 7) is 6.84. The molecule has 29 heavy (non-hydrogen) atoms. The van der Waals surface area contributed by atoms with Crippen molar-refractivity contribution in [2.75, 3.05) is 10.6 Å². The lowest BCUT2D eigenvalue weighted by molar-refractivity contribution is -0.123. The van der Waals surface area contributed by atoms with Gasteiger partial charge in [0.05, 0.1) is 11.8 Å². The molecule has 2 aromatic heterocycles. The van der Waals surface area contributed by atoms with Gasteiger partial charge in [-0.2, -0.15) is 5.10 Å². The summed E-state index contributed by atoms with van der Waals surface area (Å²) in [6.07, 6.45) is 4.30. The quantitative estimate of drug-likeness (QED) is 0.699. The molecule has 2 aromatic rings. The highest BCUT2D eigenvalue weighted by atomic mass is 32.1. The zero-order valence-electron chi connectivity index (χ0n) is 17.1. The monoisotopic (exact) mass is 418 g/mol. The van der Waals surface area contributed by atoms with Crippen LogP contribution in [0.1, 0.15) is 67.4 Å². The first-order valence-corrected chi connectivity index (χ1v) is 10.6. The van der Waals surface area contributed by atoms with Crippen molar-refractivity contribution in [3.05, 3.63) is 28.3 Å². The van der Waals surface area contributed by atoms with Crippen molar-refractivity contribution in [2.45, 2.75) is 65.5 Å². The molecule has 2 amide bonds. The SMILES string of the molecule is CC(=O)Nc1sc2c(c1C(=O)O[C@H](C)C(=O)Nc1ccnn1C(C)C)CCCC2. The Morgan fingerprint density at radius 1 is 1.17 bits per heavy atom. The fourth-order valence-corrected chi connectivity index (χ4v) is 4.68. The van der Waals surface area contributed by atoms with Crippen LogP contribution in [0.2, 0.25) is 0 Å². The van der Waals surface area contributed by atoms with Crippen molar-refractivity contribution in [3.63, 3.8) is 0 Å². The number of nitrogens with one attached hydrogen (secondary N) is 2. The second-order valence-corrected chi connectivity index (χ2v) is 8.49. The van der Waals surface area contributed by atoms with Crippen molar-refractivity contribution in [1.82, 2.24) is 9.78 Å².